The van der Waals surface area contributed by atoms with E-state index in [2.05, 4.69) is 24.1 Å². The first-order chi connectivity index (χ1) is 8.42. The van der Waals surface area contributed by atoms with Crippen LogP contribution in [0.5, 0.6) is 0 Å². The lowest BCUT2D eigenvalue weighted by Crippen LogP contribution is -2.57. The second-order valence-electron chi connectivity index (χ2n) is 5.74. The summed E-state index contributed by atoms with van der Waals surface area (Å²) in [5, 5.41) is 3.13. The number of piperidine rings is 1. The molecule has 0 saturated carbocycles. The molecule has 0 aromatic heterocycles. The smallest absolute Gasteiger partial charge is 0.240 e. The van der Waals surface area contributed by atoms with Crippen LogP contribution in [0, 0.1) is 0 Å². The van der Waals surface area contributed by atoms with Crippen molar-refractivity contribution in [1.82, 2.24) is 10.2 Å². The van der Waals surface area contributed by atoms with Gasteiger partial charge >= 0.3 is 0 Å². The van der Waals surface area contributed by atoms with Crippen LogP contribution < -0.4 is 11.1 Å². The molecule has 1 rings (SSSR count). The topological polar surface area (TPSA) is 58.4 Å². The summed E-state index contributed by atoms with van der Waals surface area (Å²) in [5.74, 6) is 0.0236. The predicted molar refractivity (Wildman–Crippen MR) is 75.4 cm³/mol. The molecule has 0 aliphatic carbocycles. The van der Waals surface area contributed by atoms with E-state index in [0.717, 1.165) is 25.9 Å². The van der Waals surface area contributed by atoms with Crippen LogP contribution in [0.2, 0.25) is 0 Å². The van der Waals surface area contributed by atoms with Crippen LogP contribution in [0.3, 0.4) is 0 Å². The minimum atomic E-state index is -0.685. The first-order valence-electron chi connectivity index (χ1n) is 7.26. The molecule has 3 N–H and O–H groups in total. The van der Waals surface area contributed by atoms with E-state index >= 15 is 0 Å². The summed E-state index contributed by atoms with van der Waals surface area (Å²) >= 11 is 0. The van der Waals surface area contributed by atoms with E-state index in [1.54, 1.807) is 0 Å². The fraction of sp³-hybridized carbons (Fsp3) is 0.929. The minimum absolute atomic E-state index is 0.0236. The van der Waals surface area contributed by atoms with Crippen LogP contribution in [-0.4, -0.2) is 41.5 Å². The van der Waals surface area contributed by atoms with Gasteiger partial charge in [0.2, 0.25) is 5.91 Å². The third-order valence-corrected chi connectivity index (χ3v) is 4.31. The van der Waals surface area contributed by atoms with Gasteiger partial charge in [0.25, 0.3) is 0 Å². The molecule has 4 nitrogen and oxygen atoms in total. The van der Waals surface area contributed by atoms with Crippen molar-refractivity contribution in [1.29, 1.82) is 0 Å². The Bertz CT molecular complexity index is 266. The van der Waals surface area contributed by atoms with Crippen molar-refractivity contribution in [3.63, 3.8) is 0 Å². The maximum absolute atomic E-state index is 12.2. The molecule has 0 aromatic carbocycles. The second kappa shape index (κ2) is 6.53. The Morgan fingerprint density at radius 2 is 1.83 bits per heavy atom. The number of hydrogen-bond donors (Lipinski definition) is 2. The van der Waals surface area contributed by atoms with Gasteiger partial charge in [-0.1, -0.05) is 13.8 Å². The van der Waals surface area contributed by atoms with Crippen LogP contribution >= 0.6 is 0 Å². The molecule has 0 atom stereocenters. The number of amides is 1. The molecule has 1 fully saturated rings. The number of carbonyl (C=O) groups is 1. The molecule has 0 bridgehead atoms. The first-order valence-corrected chi connectivity index (χ1v) is 7.26. The fourth-order valence-electron chi connectivity index (χ4n) is 2.46. The van der Waals surface area contributed by atoms with Gasteiger partial charge in [-0.3, -0.25) is 4.79 Å². The van der Waals surface area contributed by atoms with Crippen molar-refractivity contribution in [3.05, 3.63) is 0 Å². The molecule has 18 heavy (non-hydrogen) atoms. The van der Waals surface area contributed by atoms with Crippen LogP contribution in [-0.2, 0) is 4.79 Å². The lowest BCUT2D eigenvalue weighted by Gasteiger charge is -2.36. The molecule has 1 aliphatic rings. The number of hydrogen-bond acceptors (Lipinski definition) is 3. The fourth-order valence-corrected chi connectivity index (χ4v) is 2.46. The first kappa shape index (κ1) is 15.4. The number of nitrogens with one attached hydrogen (secondary N) is 1. The predicted octanol–water partition coefficient (Wildman–Crippen LogP) is 1.49. The van der Waals surface area contributed by atoms with Gasteiger partial charge in [-0.2, -0.15) is 0 Å². The molecule has 0 radical (unpaired) electrons. The zero-order valence-corrected chi connectivity index (χ0v) is 12.3. The lowest BCUT2D eigenvalue weighted by atomic mass is 9.92. The molecule has 0 aromatic rings. The molecule has 1 heterocycles. The Morgan fingerprint density at radius 3 is 2.22 bits per heavy atom. The summed E-state index contributed by atoms with van der Waals surface area (Å²) in [7, 11) is 0. The molecule has 4 heteroatoms. The Kier molecular flexibility index (Phi) is 5.60. The third kappa shape index (κ3) is 3.69. The summed E-state index contributed by atoms with van der Waals surface area (Å²) < 4.78 is 0. The molecule has 1 amide bonds. The summed E-state index contributed by atoms with van der Waals surface area (Å²) in [6.45, 7) is 10.5. The standard InChI is InChI=1S/C14H29N3O/c1-5-14(15,6-2)13(18)16-12-7-9-17(10-8-12)11(3)4/h11-12H,5-10,15H2,1-4H3,(H,16,18). The summed E-state index contributed by atoms with van der Waals surface area (Å²) in [4.78, 5) is 14.6. The van der Waals surface area contributed by atoms with Crippen molar-refractivity contribution in [3.8, 4) is 0 Å². The monoisotopic (exact) mass is 255 g/mol. The van der Waals surface area contributed by atoms with Gasteiger partial charge in [0, 0.05) is 25.2 Å². The van der Waals surface area contributed by atoms with Crippen molar-refractivity contribution in [2.45, 2.75) is 71.0 Å². The van der Waals surface area contributed by atoms with E-state index in [-0.39, 0.29) is 5.91 Å². The zero-order valence-electron chi connectivity index (χ0n) is 12.3. The van der Waals surface area contributed by atoms with Crippen LogP contribution in [0.25, 0.3) is 0 Å². The lowest BCUT2D eigenvalue weighted by molar-refractivity contribution is -0.127. The zero-order chi connectivity index (χ0) is 13.8. The maximum Gasteiger partial charge on any atom is 0.240 e. The Hall–Kier alpha value is -0.610. The number of likely N-dealkylation sites (tertiary alicyclic amines) is 1. The number of nitrogens with two attached hydrogens (primary N) is 1. The Balaban J connectivity index is 2.43. The highest BCUT2D eigenvalue weighted by Crippen LogP contribution is 2.16. The highest BCUT2D eigenvalue weighted by molar-refractivity contribution is 5.86. The summed E-state index contributed by atoms with van der Waals surface area (Å²) in [6, 6.07) is 0.898. The van der Waals surface area contributed by atoms with Gasteiger partial charge < -0.3 is 16.0 Å². The maximum atomic E-state index is 12.2. The molecular weight excluding hydrogens is 226 g/mol. The van der Waals surface area contributed by atoms with Crippen molar-refractivity contribution < 1.29 is 4.79 Å². The van der Waals surface area contributed by atoms with Crippen LogP contribution in [0.4, 0.5) is 0 Å². The molecule has 106 valence electrons. The largest absolute Gasteiger partial charge is 0.352 e. The second-order valence-corrected chi connectivity index (χ2v) is 5.74. The van der Waals surface area contributed by atoms with Crippen molar-refractivity contribution >= 4 is 5.91 Å². The van der Waals surface area contributed by atoms with E-state index in [1.165, 1.54) is 0 Å². The SMILES string of the molecule is CCC(N)(CC)C(=O)NC1CCN(C(C)C)CC1. The number of rotatable bonds is 5. The van der Waals surface area contributed by atoms with Crippen LogP contribution in [0.15, 0.2) is 0 Å². The number of nitrogens with zero attached hydrogens (tertiary/aromatic N) is 1. The molecular formula is C14H29N3O. The third-order valence-electron chi connectivity index (χ3n) is 4.31. The van der Waals surface area contributed by atoms with Gasteiger partial charge in [-0.05, 0) is 39.5 Å². The Morgan fingerprint density at radius 1 is 1.33 bits per heavy atom. The Labute approximate surface area is 111 Å². The quantitative estimate of drug-likeness (QED) is 0.782. The van der Waals surface area contributed by atoms with Crippen LogP contribution in [0.1, 0.15) is 53.4 Å². The summed E-state index contributed by atoms with van der Waals surface area (Å²) in [6.07, 6.45) is 3.46. The normalized spacial score (nSPS) is 19.2. The molecule has 0 unspecified atom stereocenters. The average molecular weight is 255 g/mol. The van der Waals surface area contributed by atoms with E-state index in [4.69, 9.17) is 5.73 Å². The van der Waals surface area contributed by atoms with Gasteiger partial charge in [0.1, 0.15) is 0 Å². The average Bonchev–Trinajstić information content (AvgIpc) is 2.38. The van der Waals surface area contributed by atoms with Crippen molar-refractivity contribution in [2.75, 3.05) is 13.1 Å². The van der Waals surface area contributed by atoms with Gasteiger partial charge in [-0.15, -0.1) is 0 Å². The van der Waals surface area contributed by atoms with E-state index < -0.39 is 5.54 Å². The number of carbonyl (C=O) groups excluding carboxylic acids is 1. The van der Waals surface area contributed by atoms with E-state index in [9.17, 15) is 4.79 Å². The van der Waals surface area contributed by atoms with E-state index in [1.807, 2.05) is 13.8 Å². The molecule has 1 aliphatic heterocycles. The minimum Gasteiger partial charge on any atom is -0.352 e. The summed E-state index contributed by atoms with van der Waals surface area (Å²) in [5.41, 5.74) is 5.42. The van der Waals surface area contributed by atoms with Gasteiger partial charge in [0.05, 0.1) is 5.54 Å². The van der Waals surface area contributed by atoms with E-state index in [0.29, 0.717) is 24.9 Å². The highest BCUT2D eigenvalue weighted by Gasteiger charge is 2.32. The van der Waals surface area contributed by atoms with Gasteiger partial charge in [0.15, 0.2) is 0 Å². The van der Waals surface area contributed by atoms with Crippen molar-refractivity contribution in [2.24, 2.45) is 5.73 Å². The van der Waals surface area contributed by atoms with Gasteiger partial charge in [-0.25, -0.2) is 0 Å². The molecule has 1 saturated heterocycles. The molecule has 0 spiro atoms. The highest BCUT2D eigenvalue weighted by atomic mass is 16.2.